The molecule has 1 saturated heterocycles. The summed E-state index contributed by atoms with van der Waals surface area (Å²) in [4.78, 5) is 41.4. The molecule has 2 aromatic carbocycles. The number of anilines is 3. The molecule has 5 rings (SSSR count). The highest BCUT2D eigenvalue weighted by Gasteiger charge is 2.18. The van der Waals surface area contributed by atoms with Gasteiger partial charge in [0.2, 0.25) is 11.8 Å². The SMILES string of the molecule is Cc1cc(-c2cc3c(N4CCOCC4)ncnc3[nH]2)ccc1NC(=O)Cc1ccc(NC(=O)/C=C/CN(C)C)cc1. The predicted octanol–water partition coefficient (Wildman–Crippen LogP) is 4.01. The smallest absolute Gasteiger partial charge is 0.248 e. The molecule has 1 aliphatic heterocycles. The zero-order valence-corrected chi connectivity index (χ0v) is 23.6. The maximum Gasteiger partial charge on any atom is 0.248 e. The van der Waals surface area contributed by atoms with Gasteiger partial charge in [-0.05, 0) is 68.0 Å². The van der Waals surface area contributed by atoms with Crippen molar-refractivity contribution in [1.29, 1.82) is 0 Å². The van der Waals surface area contributed by atoms with Crippen LogP contribution in [0.15, 0.2) is 67.0 Å². The lowest BCUT2D eigenvalue weighted by atomic mass is 10.1. The number of hydrogen-bond donors (Lipinski definition) is 3. The number of aryl methyl sites for hydroxylation is 1. The molecule has 0 spiro atoms. The Kier molecular flexibility index (Phi) is 8.71. The Hall–Kier alpha value is -4.54. The van der Waals surface area contributed by atoms with Crippen LogP contribution < -0.4 is 15.5 Å². The van der Waals surface area contributed by atoms with Crippen molar-refractivity contribution in [2.45, 2.75) is 13.3 Å². The second-order valence-corrected chi connectivity index (χ2v) is 10.3. The Morgan fingerprint density at radius 3 is 2.56 bits per heavy atom. The molecular formula is C31H35N7O3. The number of H-pyrrole nitrogens is 1. The van der Waals surface area contributed by atoms with Crippen LogP contribution in [0.4, 0.5) is 17.2 Å². The number of nitrogens with one attached hydrogen (secondary N) is 3. The van der Waals surface area contributed by atoms with E-state index in [2.05, 4.69) is 36.6 Å². The molecule has 0 radical (unpaired) electrons. The maximum absolute atomic E-state index is 12.8. The average molecular weight is 554 g/mol. The Labute approximate surface area is 239 Å². The number of nitrogens with zero attached hydrogens (tertiary/aromatic N) is 4. The first-order valence-electron chi connectivity index (χ1n) is 13.6. The fraction of sp³-hybridized carbons (Fsp3) is 0.290. The number of hydrogen-bond acceptors (Lipinski definition) is 7. The van der Waals surface area contributed by atoms with Crippen molar-refractivity contribution in [3.8, 4) is 11.3 Å². The highest BCUT2D eigenvalue weighted by Crippen LogP contribution is 2.31. The van der Waals surface area contributed by atoms with Crippen LogP contribution >= 0.6 is 0 Å². The number of likely N-dealkylation sites (N-methyl/N-ethyl adjacent to an activating group) is 1. The standard InChI is InChI=1S/C31H35N7O3/c1-21-17-23(27-19-25-30(36-27)32-20-33-31(25)38-13-15-41-16-14-38)8-11-26(21)35-29(40)18-22-6-9-24(10-7-22)34-28(39)5-4-12-37(2)3/h4-11,17,19-20H,12-16,18H2,1-3H3,(H,34,39)(H,35,40)(H,32,33,36)/b5-4+. The Morgan fingerprint density at radius 2 is 1.83 bits per heavy atom. The second-order valence-electron chi connectivity index (χ2n) is 10.3. The summed E-state index contributed by atoms with van der Waals surface area (Å²) in [5, 5.41) is 6.83. The van der Waals surface area contributed by atoms with Crippen molar-refractivity contribution in [1.82, 2.24) is 19.9 Å². The molecule has 4 aromatic rings. The first-order valence-corrected chi connectivity index (χ1v) is 13.6. The van der Waals surface area contributed by atoms with Crippen LogP contribution in [0.1, 0.15) is 11.1 Å². The molecule has 2 amide bonds. The topological polar surface area (TPSA) is 115 Å². The van der Waals surface area contributed by atoms with Gasteiger partial charge < -0.3 is 30.2 Å². The zero-order valence-electron chi connectivity index (χ0n) is 23.6. The Morgan fingerprint density at radius 1 is 1.05 bits per heavy atom. The van der Waals surface area contributed by atoms with Gasteiger partial charge in [-0.3, -0.25) is 9.59 Å². The van der Waals surface area contributed by atoms with Crippen LogP contribution in [0.5, 0.6) is 0 Å². The Balaban J connectivity index is 1.21. The van der Waals surface area contributed by atoms with E-state index < -0.39 is 0 Å². The summed E-state index contributed by atoms with van der Waals surface area (Å²) in [7, 11) is 3.88. The number of fused-ring (bicyclic) bond motifs is 1. The van der Waals surface area contributed by atoms with E-state index >= 15 is 0 Å². The molecule has 0 aliphatic carbocycles. The van der Waals surface area contributed by atoms with E-state index in [0.717, 1.165) is 58.0 Å². The lowest BCUT2D eigenvalue weighted by molar-refractivity contribution is -0.115. The number of amides is 2. The predicted molar refractivity (Wildman–Crippen MR) is 162 cm³/mol. The summed E-state index contributed by atoms with van der Waals surface area (Å²) in [5.41, 5.74) is 5.98. The first-order chi connectivity index (χ1) is 19.9. The number of carbonyl (C=O) groups excluding carboxylic acids is 2. The summed E-state index contributed by atoms with van der Waals surface area (Å²) >= 11 is 0. The number of carbonyl (C=O) groups is 2. The Bertz CT molecular complexity index is 1550. The van der Waals surface area contributed by atoms with Crippen LogP contribution in [0.25, 0.3) is 22.3 Å². The minimum Gasteiger partial charge on any atom is -0.378 e. The van der Waals surface area contributed by atoms with E-state index in [-0.39, 0.29) is 18.2 Å². The number of aromatic amines is 1. The van der Waals surface area contributed by atoms with Gasteiger partial charge in [-0.15, -0.1) is 0 Å². The number of benzene rings is 2. The minimum absolute atomic E-state index is 0.111. The van der Waals surface area contributed by atoms with Crippen molar-refractivity contribution in [2.24, 2.45) is 0 Å². The van der Waals surface area contributed by atoms with Gasteiger partial charge >= 0.3 is 0 Å². The van der Waals surface area contributed by atoms with Crippen LogP contribution in [0, 0.1) is 6.92 Å². The zero-order chi connectivity index (χ0) is 28.8. The molecule has 1 fully saturated rings. The highest BCUT2D eigenvalue weighted by molar-refractivity contribution is 5.99. The van der Waals surface area contributed by atoms with Crippen molar-refractivity contribution < 1.29 is 14.3 Å². The monoisotopic (exact) mass is 553 g/mol. The third-order valence-electron chi connectivity index (χ3n) is 6.85. The first kappa shape index (κ1) is 28.0. The van der Waals surface area contributed by atoms with E-state index in [9.17, 15) is 9.59 Å². The van der Waals surface area contributed by atoms with Gasteiger partial charge in [0, 0.05) is 42.8 Å². The van der Waals surface area contributed by atoms with E-state index in [1.54, 1.807) is 24.5 Å². The van der Waals surface area contributed by atoms with E-state index in [0.29, 0.717) is 25.4 Å². The molecule has 0 atom stereocenters. The molecule has 212 valence electrons. The molecule has 10 heteroatoms. The molecule has 41 heavy (non-hydrogen) atoms. The highest BCUT2D eigenvalue weighted by atomic mass is 16.5. The van der Waals surface area contributed by atoms with E-state index in [4.69, 9.17) is 4.74 Å². The van der Waals surface area contributed by atoms with Crippen LogP contribution in [0.2, 0.25) is 0 Å². The van der Waals surface area contributed by atoms with Gasteiger partial charge in [0.15, 0.2) is 0 Å². The summed E-state index contributed by atoms with van der Waals surface area (Å²) in [6, 6.07) is 15.3. The molecule has 0 saturated carbocycles. The van der Waals surface area contributed by atoms with Crippen molar-refractivity contribution in [3.05, 3.63) is 78.1 Å². The van der Waals surface area contributed by atoms with E-state index in [1.165, 1.54) is 6.08 Å². The summed E-state index contributed by atoms with van der Waals surface area (Å²) < 4.78 is 5.49. The second kappa shape index (κ2) is 12.8. The summed E-state index contributed by atoms with van der Waals surface area (Å²) in [6.07, 6.45) is 5.14. The van der Waals surface area contributed by atoms with Crippen molar-refractivity contribution in [2.75, 3.05) is 62.5 Å². The normalized spacial score (nSPS) is 13.7. The molecule has 2 aromatic heterocycles. The molecule has 0 bridgehead atoms. The fourth-order valence-corrected chi connectivity index (χ4v) is 4.72. The minimum atomic E-state index is -0.186. The maximum atomic E-state index is 12.8. The molecule has 1 aliphatic rings. The van der Waals surface area contributed by atoms with Gasteiger partial charge in [-0.2, -0.15) is 0 Å². The van der Waals surface area contributed by atoms with Crippen molar-refractivity contribution in [3.63, 3.8) is 0 Å². The molecular weight excluding hydrogens is 518 g/mol. The fourth-order valence-electron chi connectivity index (χ4n) is 4.72. The summed E-state index contributed by atoms with van der Waals surface area (Å²) in [5.74, 6) is 0.614. The quantitative estimate of drug-likeness (QED) is 0.268. The van der Waals surface area contributed by atoms with Crippen LogP contribution in [0.3, 0.4) is 0 Å². The number of rotatable bonds is 9. The third-order valence-corrected chi connectivity index (χ3v) is 6.85. The average Bonchev–Trinajstić information content (AvgIpc) is 3.40. The molecule has 3 heterocycles. The lowest BCUT2D eigenvalue weighted by Gasteiger charge is -2.27. The van der Waals surface area contributed by atoms with Gasteiger partial charge in [-0.1, -0.05) is 24.3 Å². The summed E-state index contributed by atoms with van der Waals surface area (Å²) in [6.45, 7) is 5.65. The largest absolute Gasteiger partial charge is 0.378 e. The van der Waals surface area contributed by atoms with Gasteiger partial charge in [0.25, 0.3) is 0 Å². The van der Waals surface area contributed by atoms with Crippen LogP contribution in [-0.4, -0.2) is 78.6 Å². The molecule has 3 N–H and O–H groups in total. The van der Waals surface area contributed by atoms with Gasteiger partial charge in [-0.25, -0.2) is 9.97 Å². The third kappa shape index (κ3) is 7.16. The number of morpholine rings is 1. The van der Waals surface area contributed by atoms with Crippen molar-refractivity contribution >= 4 is 40.0 Å². The molecule has 10 nitrogen and oxygen atoms in total. The van der Waals surface area contributed by atoms with Gasteiger partial charge in [0.1, 0.15) is 17.8 Å². The van der Waals surface area contributed by atoms with Crippen LogP contribution in [-0.2, 0) is 20.7 Å². The molecule has 0 unspecified atom stereocenters. The van der Waals surface area contributed by atoms with Gasteiger partial charge in [0.05, 0.1) is 25.0 Å². The number of aromatic nitrogens is 3. The lowest BCUT2D eigenvalue weighted by Crippen LogP contribution is -2.36. The van der Waals surface area contributed by atoms with E-state index in [1.807, 2.05) is 56.3 Å². The number of ether oxygens (including phenoxy) is 1.